The zero-order chi connectivity index (χ0) is 17.2. The number of benzene rings is 1. The second kappa shape index (κ2) is 6.43. The zero-order valence-corrected chi connectivity index (χ0v) is 13.0. The van der Waals surface area contributed by atoms with Crippen LogP contribution in [0.2, 0.25) is 0 Å². The van der Waals surface area contributed by atoms with Crippen LogP contribution in [0.3, 0.4) is 0 Å². The van der Waals surface area contributed by atoms with E-state index in [1.54, 1.807) is 36.7 Å². The van der Waals surface area contributed by atoms with Gasteiger partial charge in [0.15, 0.2) is 0 Å². The summed E-state index contributed by atoms with van der Waals surface area (Å²) in [5.41, 5.74) is 8.25. The average Bonchev–Trinajstić information content (AvgIpc) is 2.57. The molecule has 0 bridgehead atoms. The highest BCUT2D eigenvalue weighted by Gasteiger charge is 2.35. The number of nitrogens with zero attached hydrogens (tertiary/aromatic N) is 2. The van der Waals surface area contributed by atoms with Gasteiger partial charge < -0.3 is 16.0 Å². The van der Waals surface area contributed by atoms with Gasteiger partial charge in [0.05, 0.1) is 23.3 Å². The number of hydrogen-bond acceptors (Lipinski definition) is 4. The number of hydrogen-bond donors (Lipinski definition) is 2. The number of nitrogen functional groups attached to an aromatic ring is 1. The summed E-state index contributed by atoms with van der Waals surface area (Å²) < 4.78 is 26.4. The number of piperidine rings is 1. The SMILES string of the molecule is Nc1cc(C(=O)N2CCC(F)(F)CC2)ccc1Nc1cccnc1. The number of nitrogens with two attached hydrogens (primary N) is 1. The molecule has 24 heavy (non-hydrogen) atoms. The number of rotatable bonds is 3. The smallest absolute Gasteiger partial charge is 0.253 e. The summed E-state index contributed by atoms with van der Waals surface area (Å²) in [5.74, 6) is -2.95. The standard InChI is InChI=1S/C17H18F2N4O/c18-17(19)5-8-23(9-6-17)16(24)12-3-4-15(14(20)10-12)22-13-2-1-7-21-11-13/h1-4,7,10-11,22H,5-6,8-9,20H2. The lowest BCUT2D eigenvalue weighted by molar-refractivity contribution is -0.0494. The molecule has 0 aliphatic carbocycles. The van der Waals surface area contributed by atoms with E-state index in [-0.39, 0.29) is 31.8 Å². The molecule has 3 rings (SSSR count). The molecular weight excluding hydrogens is 314 g/mol. The van der Waals surface area contributed by atoms with Crippen LogP contribution in [0.25, 0.3) is 0 Å². The summed E-state index contributed by atoms with van der Waals surface area (Å²) in [6.07, 6.45) is 2.73. The Morgan fingerprint density at radius 2 is 2.00 bits per heavy atom. The van der Waals surface area contributed by atoms with Crippen molar-refractivity contribution >= 4 is 23.0 Å². The van der Waals surface area contributed by atoms with Crippen LogP contribution >= 0.6 is 0 Å². The first-order valence-electron chi connectivity index (χ1n) is 7.68. The van der Waals surface area contributed by atoms with Crippen molar-refractivity contribution in [1.82, 2.24) is 9.88 Å². The van der Waals surface area contributed by atoms with Crippen molar-refractivity contribution in [2.45, 2.75) is 18.8 Å². The topological polar surface area (TPSA) is 71.2 Å². The van der Waals surface area contributed by atoms with E-state index >= 15 is 0 Å². The van der Waals surface area contributed by atoms with Crippen molar-refractivity contribution in [1.29, 1.82) is 0 Å². The van der Waals surface area contributed by atoms with Crippen LogP contribution in [0.4, 0.5) is 25.8 Å². The molecule has 0 unspecified atom stereocenters. The fourth-order valence-electron chi connectivity index (χ4n) is 2.62. The summed E-state index contributed by atoms with van der Waals surface area (Å²) in [7, 11) is 0. The van der Waals surface area contributed by atoms with Crippen LogP contribution < -0.4 is 11.1 Å². The highest BCUT2D eigenvalue weighted by molar-refractivity contribution is 5.96. The van der Waals surface area contributed by atoms with Crippen LogP contribution in [0, 0.1) is 0 Å². The number of likely N-dealkylation sites (tertiary alicyclic amines) is 1. The van der Waals surface area contributed by atoms with E-state index in [4.69, 9.17) is 5.73 Å². The molecule has 0 radical (unpaired) electrons. The maximum atomic E-state index is 13.2. The predicted molar refractivity (Wildman–Crippen MR) is 88.5 cm³/mol. The van der Waals surface area contributed by atoms with Crippen molar-refractivity contribution in [3.05, 3.63) is 48.3 Å². The molecule has 1 saturated heterocycles. The Hall–Kier alpha value is -2.70. The van der Waals surface area contributed by atoms with E-state index in [2.05, 4.69) is 10.3 Å². The molecule has 1 aromatic carbocycles. The minimum absolute atomic E-state index is 0.0570. The van der Waals surface area contributed by atoms with Gasteiger partial charge in [0.25, 0.3) is 11.8 Å². The summed E-state index contributed by atoms with van der Waals surface area (Å²) in [5, 5.41) is 3.12. The van der Waals surface area contributed by atoms with Gasteiger partial charge in [-0.2, -0.15) is 0 Å². The van der Waals surface area contributed by atoms with E-state index < -0.39 is 5.92 Å². The number of nitrogens with one attached hydrogen (secondary N) is 1. The number of halogens is 2. The summed E-state index contributed by atoms with van der Waals surface area (Å²) in [6, 6.07) is 8.55. The van der Waals surface area contributed by atoms with Gasteiger partial charge in [-0.15, -0.1) is 0 Å². The summed E-state index contributed by atoms with van der Waals surface area (Å²) in [4.78, 5) is 17.9. The molecule has 1 fully saturated rings. The predicted octanol–water partition coefficient (Wildman–Crippen LogP) is 3.28. The van der Waals surface area contributed by atoms with E-state index in [0.29, 0.717) is 16.9 Å². The molecule has 1 aromatic heterocycles. The molecule has 5 nitrogen and oxygen atoms in total. The van der Waals surface area contributed by atoms with Gasteiger partial charge in [0.2, 0.25) is 0 Å². The maximum absolute atomic E-state index is 13.2. The fraction of sp³-hybridized carbons (Fsp3) is 0.294. The van der Waals surface area contributed by atoms with E-state index in [9.17, 15) is 13.6 Å². The Bertz CT molecular complexity index is 727. The monoisotopic (exact) mass is 332 g/mol. The Morgan fingerprint density at radius 1 is 1.25 bits per heavy atom. The highest BCUT2D eigenvalue weighted by atomic mass is 19.3. The quantitative estimate of drug-likeness (QED) is 0.846. The van der Waals surface area contributed by atoms with Gasteiger partial charge in [-0.3, -0.25) is 9.78 Å². The lowest BCUT2D eigenvalue weighted by Crippen LogP contribution is -2.42. The molecule has 1 aliphatic rings. The summed E-state index contributed by atoms with van der Waals surface area (Å²) >= 11 is 0. The molecule has 1 aliphatic heterocycles. The van der Waals surface area contributed by atoms with Crippen LogP contribution in [0.1, 0.15) is 23.2 Å². The third-order valence-electron chi connectivity index (χ3n) is 4.02. The van der Waals surface area contributed by atoms with Gasteiger partial charge in [0.1, 0.15) is 0 Å². The number of carbonyl (C=O) groups is 1. The Balaban J connectivity index is 1.71. The lowest BCUT2D eigenvalue weighted by Gasteiger charge is -2.31. The van der Waals surface area contributed by atoms with Crippen LogP contribution in [-0.4, -0.2) is 34.8 Å². The van der Waals surface area contributed by atoms with E-state index in [0.717, 1.165) is 5.69 Å². The van der Waals surface area contributed by atoms with Crippen LogP contribution in [0.15, 0.2) is 42.7 Å². The normalized spacial score (nSPS) is 16.7. The van der Waals surface area contributed by atoms with E-state index in [1.807, 2.05) is 6.07 Å². The number of aromatic nitrogens is 1. The number of pyridine rings is 1. The molecule has 3 N–H and O–H groups in total. The number of alkyl halides is 2. The maximum Gasteiger partial charge on any atom is 0.253 e. The third kappa shape index (κ3) is 3.61. The molecule has 2 heterocycles. The molecule has 7 heteroatoms. The van der Waals surface area contributed by atoms with Crippen molar-refractivity contribution in [3.63, 3.8) is 0 Å². The molecule has 0 spiro atoms. The Kier molecular flexibility index (Phi) is 4.33. The number of amides is 1. The number of anilines is 3. The van der Waals surface area contributed by atoms with Gasteiger partial charge in [-0.05, 0) is 30.3 Å². The van der Waals surface area contributed by atoms with Gasteiger partial charge in [-0.1, -0.05) is 0 Å². The van der Waals surface area contributed by atoms with Crippen molar-refractivity contribution in [3.8, 4) is 0 Å². The molecule has 1 amide bonds. The van der Waals surface area contributed by atoms with Gasteiger partial charge >= 0.3 is 0 Å². The minimum atomic E-state index is -2.67. The molecular formula is C17H18F2N4O. The first kappa shape index (κ1) is 16.2. The van der Waals surface area contributed by atoms with Gasteiger partial charge in [-0.25, -0.2) is 8.78 Å². The second-order valence-electron chi connectivity index (χ2n) is 5.82. The molecule has 0 saturated carbocycles. The Morgan fingerprint density at radius 3 is 2.62 bits per heavy atom. The Labute approximate surface area is 138 Å². The van der Waals surface area contributed by atoms with E-state index in [1.165, 1.54) is 4.90 Å². The summed E-state index contributed by atoms with van der Waals surface area (Å²) in [6.45, 7) is 0.114. The lowest BCUT2D eigenvalue weighted by atomic mass is 10.0. The van der Waals surface area contributed by atoms with Crippen LogP contribution in [-0.2, 0) is 0 Å². The van der Waals surface area contributed by atoms with Crippen molar-refractivity contribution < 1.29 is 13.6 Å². The first-order chi connectivity index (χ1) is 11.4. The molecule has 0 atom stereocenters. The number of carbonyl (C=O) groups excluding carboxylic acids is 1. The zero-order valence-electron chi connectivity index (χ0n) is 13.0. The third-order valence-corrected chi connectivity index (χ3v) is 4.02. The largest absolute Gasteiger partial charge is 0.397 e. The minimum Gasteiger partial charge on any atom is -0.397 e. The average molecular weight is 332 g/mol. The van der Waals surface area contributed by atoms with Crippen molar-refractivity contribution in [2.24, 2.45) is 0 Å². The van der Waals surface area contributed by atoms with Crippen LogP contribution in [0.5, 0.6) is 0 Å². The van der Waals surface area contributed by atoms with Crippen molar-refractivity contribution in [2.75, 3.05) is 24.1 Å². The molecule has 2 aromatic rings. The molecule has 126 valence electrons. The highest BCUT2D eigenvalue weighted by Crippen LogP contribution is 2.29. The fourth-order valence-corrected chi connectivity index (χ4v) is 2.62. The first-order valence-corrected chi connectivity index (χ1v) is 7.68. The van der Waals surface area contributed by atoms with Gasteiger partial charge in [0, 0.05) is 37.7 Å². The second-order valence-corrected chi connectivity index (χ2v) is 5.82.